The van der Waals surface area contributed by atoms with Crippen molar-refractivity contribution < 1.29 is 9.50 Å². The highest BCUT2D eigenvalue weighted by Gasteiger charge is 2.22. The van der Waals surface area contributed by atoms with Crippen LogP contribution in [0.1, 0.15) is 64.7 Å². The minimum Gasteiger partial charge on any atom is -0.389 e. The number of halogens is 1. The van der Waals surface area contributed by atoms with Gasteiger partial charge in [0.25, 0.3) is 0 Å². The summed E-state index contributed by atoms with van der Waals surface area (Å²) in [5, 5.41) is 10.0. The molecule has 0 aliphatic rings. The lowest BCUT2D eigenvalue weighted by Gasteiger charge is -2.36. The monoisotopic (exact) mass is 295 g/mol. The Bertz CT molecular complexity index is 453. The van der Waals surface area contributed by atoms with E-state index in [-0.39, 0.29) is 5.82 Å². The summed E-state index contributed by atoms with van der Waals surface area (Å²) in [5.41, 5.74) is 2.30. The van der Waals surface area contributed by atoms with Crippen molar-refractivity contribution >= 4 is 5.69 Å². The molecule has 0 saturated heterocycles. The van der Waals surface area contributed by atoms with Crippen molar-refractivity contribution in [1.82, 2.24) is 0 Å². The van der Waals surface area contributed by atoms with Gasteiger partial charge in [0.2, 0.25) is 0 Å². The Hall–Kier alpha value is -1.09. The lowest BCUT2D eigenvalue weighted by molar-refractivity contribution is 0.199. The molecule has 2 nitrogen and oxygen atoms in total. The zero-order valence-electron chi connectivity index (χ0n) is 14.3. The smallest absolute Gasteiger partial charge is 0.126 e. The lowest BCUT2D eigenvalue weighted by Crippen LogP contribution is -2.38. The van der Waals surface area contributed by atoms with Crippen LogP contribution in [-0.4, -0.2) is 17.7 Å². The normalized spacial score (nSPS) is 13.0. The predicted molar refractivity (Wildman–Crippen MR) is 88.3 cm³/mol. The van der Waals surface area contributed by atoms with Gasteiger partial charge in [-0.15, -0.1) is 0 Å². The molecule has 0 spiro atoms. The van der Waals surface area contributed by atoms with E-state index in [0.717, 1.165) is 25.1 Å². The van der Waals surface area contributed by atoms with Crippen LogP contribution in [0.2, 0.25) is 0 Å². The molecule has 1 aromatic carbocycles. The molecule has 0 unspecified atom stereocenters. The van der Waals surface area contributed by atoms with Crippen LogP contribution in [0.5, 0.6) is 0 Å². The third-order valence-electron chi connectivity index (χ3n) is 4.01. The third kappa shape index (κ3) is 4.44. The third-order valence-corrected chi connectivity index (χ3v) is 4.01. The Morgan fingerprint density at radius 2 is 1.71 bits per heavy atom. The fourth-order valence-electron chi connectivity index (χ4n) is 2.83. The average molecular weight is 295 g/mol. The Morgan fingerprint density at radius 3 is 2.14 bits per heavy atom. The van der Waals surface area contributed by atoms with Gasteiger partial charge in [0, 0.05) is 23.8 Å². The second kappa shape index (κ2) is 7.79. The average Bonchev–Trinajstić information content (AvgIpc) is 2.41. The fourth-order valence-corrected chi connectivity index (χ4v) is 2.83. The number of benzene rings is 1. The van der Waals surface area contributed by atoms with Gasteiger partial charge in [-0.05, 0) is 50.3 Å². The van der Waals surface area contributed by atoms with Crippen LogP contribution in [-0.2, 0) is 0 Å². The van der Waals surface area contributed by atoms with Gasteiger partial charge in [-0.3, -0.25) is 0 Å². The molecule has 0 saturated carbocycles. The summed E-state index contributed by atoms with van der Waals surface area (Å²) in [5.74, 6) is 0.265. The molecule has 0 bridgehead atoms. The number of aryl methyl sites for hydroxylation is 1. The summed E-state index contributed by atoms with van der Waals surface area (Å²) in [4.78, 5) is 2.35. The Kier molecular flexibility index (Phi) is 6.66. The van der Waals surface area contributed by atoms with Gasteiger partial charge in [-0.1, -0.05) is 27.7 Å². The summed E-state index contributed by atoms with van der Waals surface area (Å²) in [6, 6.07) is 3.79. The van der Waals surface area contributed by atoms with Crippen molar-refractivity contribution in [2.45, 2.75) is 66.5 Å². The van der Waals surface area contributed by atoms with Gasteiger partial charge in [0.15, 0.2) is 0 Å². The molecule has 21 heavy (non-hydrogen) atoms. The quantitative estimate of drug-likeness (QED) is 0.778. The van der Waals surface area contributed by atoms with E-state index in [1.54, 1.807) is 13.8 Å². The first-order valence-corrected chi connectivity index (χ1v) is 8.06. The summed E-state index contributed by atoms with van der Waals surface area (Å²) < 4.78 is 13.9. The molecule has 120 valence electrons. The molecular formula is C18H30FNO. The van der Waals surface area contributed by atoms with Crippen molar-refractivity contribution in [2.75, 3.05) is 11.4 Å². The van der Waals surface area contributed by atoms with Crippen molar-refractivity contribution in [1.29, 1.82) is 0 Å². The number of aliphatic hydroxyl groups is 1. The Labute approximate surface area is 129 Å². The maximum atomic E-state index is 13.9. The molecule has 0 aliphatic carbocycles. The topological polar surface area (TPSA) is 23.5 Å². The molecule has 1 rings (SSSR count). The molecule has 1 atom stereocenters. The van der Waals surface area contributed by atoms with Crippen LogP contribution >= 0.6 is 0 Å². The van der Waals surface area contributed by atoms with Gasteiger partial charge in [-0.25, -0.2) is 4.39 Å². The van der Waals surface area contributed by atoms with E-state index in [4.69, 9.17) is 0 Å². The molecule has 1 aromatic rings. The van der Waals surface area contributed by atoms with Crippen molar-refractivity contribution in [2.24, 2.45) is 5.92 Å². The molecule has 0 heterocycles. The van der Waals surface area contributed by atoms with E-state index in [1.165, 1.54) is 6.07 Å². The number of aliphatic hydroxyl groups excluding tert-OH is 1. The molecule has 1 N–H and O–H groups in total. The highest BCUT2D eigenvalue weighted by molar-refractivity contribution is 5.57. The summed E-state index contributed by atoms with van der Waals surface area (Å²) in [7, 11) is 0. The van der Waals surface area contributed by atoms with Crippen LogP contribution in [0.3, 0.4) is 0 Å². The second-order valence-electron chi connectivity index (χ2n) is 6.35. The van der Waals surface area contributed by atoms with Crippen molar-refractivity contribution in [3.63, 3.8) is 0 Å². The molecule has 0 aromatic heterocycles. The zero-order valence-corrected chi connectivity index (χ0v) is 14.3. The van der Waals surface area contributed by atoms with Crippen molar-refractivity contribution in [3.05, 3.63) is 29.1 Å². The number of anilines is 1. The van der Waals surface area contributed by atoms with E-state index in [9.17, 15) is 9.50 Å². The van der Waals surface area contributed by atoms with E-state index >= 15 is 0 Å². The zero-order chi connectivity index (χ0) is 16.2. The van der Waals surface area contributed by atoms with E-state index in [1.807, 2.05) is 6.07 Å². The predicted octanol–water partition coefficient (Wildman–Crippen LogP) is 4.84. The number of nitrogens with zero attached hydrogens (tertiary/aromatic N) is 1. The first-order valence-electron chi connectivity index (χ1n) is 8.06. The van der Waals surface area contributed by atoms with Gasteiger partial charge in [-0.2, -0.15) is 0 Å². The maximum Gasteiger partial charge on any atom is 0.126 e. The van der Waals surface area contributed by atoms with E-state index in [0.29, 0.717) is 23.1 Å². The molecule has 0 radical (unpaired) electrons. The first-order chi connectivity index (χ1) is 9.81. The number of hydrogen-bond acceptors (Lipinski definition) is 2. The Balaban J connectivity index is 3.37. The second-order valence-corrected chi connectivity index (χ2v) is 6.35. The van der Waals surface area contributed by atoms with Crippen LogP contribution in [0.25, 0.3) is 0 Å². The van der Waals surface area contributed by atoms with Gasteiger partial charge >= 0.3 is 0 Å². The molecule has 0 fully saturated rings. The van der Waals surface area contributed by atoms with Gasteiger partial charge in [0.1, 0.15) is 5.82 Å². The number of hydrogen-bond donors (Lipinski definition) is 1. The molecule has 3 heteroatoms. The maximum absolute atomic E-state index is 13.9. The first kappa shape index (κ1) is 18.0. The fraction of sp³-hybridized carbons (Fsp3) is 0.667. The Morgan fingerprint density at radius 1 is 1.14 bits per heavy atom. The van der Waals surface area contributed by atoms with Crippen LogP contribution in [0.4, 0.5) is 10.1 Å². The van der Waals surface area contributed by atoms with E-state index in [2.05, 4.69) is 32.6 Å². The highest BCUT2D eigenvalue weighted by Crippen LogP contribution is 2.32. The van der Waals surface area contributed by atoms with Crippen molar-refractivity contribution in [3.8, 4) is 0 Å². The summed E-state index contributed by atoms with van der Waals surface area (Å²) in [6.07, 6.45) is 1.41. The van der Waals surface area contributed by atoms with Gasteiger partial charge in [0.05, 0.1) is 6.10 Å². The highest BCUT2D eigenvalue weighted by atomic mass is 19.1. The largest absolute Gasteiger partial charge is 0.389 e. The summed E-state index contributed by atoms with van der Waals surface area (Å²) >= 11 is 0. The lowest BCUT2D eigenvalue weighted by atomic mass is 9.99. The summed E-state index contributed by atoms with van der Waals surface area (Å²) in [6.45, 7) is 13.1. The number of rotatable bonds is 7. The molecule has 0 aliphatic heterocycles. The minimum absolute atomic E-state index is 0.247. The van der Waals surface area contributed by atoms with Crippen LogP contribution in [0, 0.1) is 18.7 Å². The van der Waals surface area contributed by atoms with Crippen LogP contribution < -0.4 is 4.90 Å². The standard InChI is InChI=1S/C18H30FNO/c1-7-15(8-2)20(11-12(3)4)18-9-13(5)17(19)10-16(18)14(6)21/h9-10,12,14-15,21H,7-8,11H2,1-6H3/t14-/m1/s1. The van der Waals surface area contributed by atoms with E-state index < -0.39 is 6.10 Å². The molecular weight excluding hydrogens is 265 g/mol. The van der Waals surface area contributed by atoms with Crippen LogP contribution in [0.15, 0.2) is 12.1 Å². The molecule has 0 amide bonds. The van der Waals surface area contributed by atoms with Gasteiger partial charge < -0.3 is 10.0 Å². The minimum atomic E-state index is -0.667. The SMILES string of the molecule is CCC(CC)N(CC(C)C)c1cc(C)c(F)cc1[C@@H](C)O.